The molecular formula is C29H24N4O6S. The Kier molecular flexibility index (Phi) is 6.15. The average Bonchev–Trinajstić information content (AvgIpc) is 3.37. The van der Waals surface area contributed by atoms with Gasteiger partial charge in [-0.2, -0.15) is 0 Å². The molecule has 10 nitrogen and oxygen atoms in total. The minimum absolute atomic E-state index is 0.0116. The van der Waals surface area contributed by atoms with Crippen molar-refractivity contribution < 1.29 is 22.4 Å². The molecule has 1 aliphatic heterocycles. The fourth-order valence-electron chi connectivity index (χ4n) is 4.99. The zero-order chi connectivity index (χ0) is 28.0. The number of amides is 2. The van der Waals surface area contributed by atoms with E-state index >= 15 is 0 Å². The molecule has 0 saturated carbocycles. The van der Waals surface area contributed by atoms with E-state index in [1.54, 1.807) is 65.6 Å². The van der Waals surface area contributed by atoms with Crippen LogP contribution in [0.1, 0.15) is 20.7 Å². The number of carbonyl (C=O) groups is 2. The standard InChI is InChI=1S/C29H24N4O6S/c30-19-6-5-7-20(16-19)40(37,38)33-17-23(21-8-1-3-10-25(21)33)28(35)31-12-14-32(15-13-31)29(36)24-18-39-26-11-4-2-9-22(26)27(24)34/h1-11,16-18H,12-15,30H2. The quantitative estimate of drug-likeness (QED) is 0.336. The summed E-state index contributed by atoms with van der Waals surface area (Å²) >= 11 is 0. The molecule has 0 unspecified atom stereocenters. The predicted molar refractivity (Wildman–Crippen MR) is 150 cm³/mol. The SMILES string of the molecule is Nc1cccc(S(=O)(=O)n2cc(C(=O)N3CCN(C(=O)c4coc5ccccc5c4=O)CC3)c3ccccc32)c1. The molecule has 2 N–H and O–H groups in total. The summed E-state index contributed by atoms with van der Waals surface area (Å²) in [5, 5.41) is 0.818. The summed E-state index contributed by atoms with van der Waals surface area (Å²) in [6, 6.07) is 19.5. The van der Waals surface area contributed by atoms with Crippen LogP contribution in [0.25, 0.3) is 21.9 Å². The van der Waals surface area contributed by atoms with E-state index in [1.165, 1.54) is 29.5 Å². The molecule has 1 aliphatic rings. The smallest absolute Gasteiger partial charge is 0.268 e. The Morgan fingerprint density at radius 2 is 1.40 bits per heavy atom. The molecule has 5 aromatic rings. The van der Waals surface area contributed by atoms with Gasteiger partial charge in [0.2, 0.25) is 5.43 Å². The fourth-order valence-corrected chi connectivity index (χ4v) is 6.41. The first-order chi connectivity index (χ1) is 19.3. The number of carbonyl (C=O) groups excluding carboxylic acids is 2. The largest absolute Gasteiger partial charge is 0.463 e. The van der Waals surface area contributed by atoms with Crippen molar-refractivity contribution in [1.29, 1.82) is 0 Å². The first-order valence-electron chi connectivity index (χ1n) is 12.6. The van der Waals surface area contributed by atoms with Crippen molar-refractivity contribution in [2.45, 2.75) is 4.90 Å². The second kappa shape index (κ2) is 9.69. The third-order valence-corrected chi connectivity index (χ3v) is 8.76. The number of nitrogen functional groups attached to an aromatic ring is 1. The highest BCUT2D eigenvalue weighted by Gasteiger charge is 2.30. The van der Waals surface area contributed by atoms with Gasteiger partial charge in [-0.3, -0.25) is 14.4 Å². The number of benzene rings is 3. The van der Waals surface area contributed by atoms with Crippen LogP contribution in [-0.2, 0) is 10.0 Å². The van der Waals surface area contributed by atoms with Crippen LogP contribution in [0, 0.1) is 0 Å². The number of hydrogen-bond donors (Lipinski definition) is 1. The number of hydrogen-bond acceptors (Lipinski definition) is 7. The summed E-state index contributed by atoms with van der Waals surface area (Å²) in [4.78, 5) is 42.7. The maximum absolute atomic E-state index is 13.6. The molecule has 2 amide bonds. The lowest BCUT2D eigenvalue weighted by Gasteiger charge is -2.34. The van der Waals surface area contributed by atoms with Crippen molar-refractivity contribution in [2.75, 3.05) is 31.9 Å². The van der Waals surface area contributed by atoms with Crippen molar-refractivity contribution in [2.24, 2.45) is 0 Å². The summed E-state index contributed by atoms with van der Waals surface area (Å²) in [7, 11) is -4.03. The molecular weight excluding hydrogens is 532 g/mol. The molecule has 202 valence electrons. The maximum Gasteiger partial charge on any atom is 0.268 e. The molecule has 40 heavy (non-hydrogen) atoms. The zero-order valence-electron chi connectivity index (χ0n) is 21.2. The molecule has 1 fully saturated rings. The predicted octanol–water partition coefficient (Wildman–Crippen LogP) is 3.17. The number of rotatable bonds is 4. The first-order valence-corrected chi connectivity index (χ1v) is 14.0. The average molecular weight is 557 g/mol. The zero-order valence-corrected chi connectivity index (χ0v) is 22.0. The third kappa shape index (κ3) is 4.20. The van der Waals surface area contributed by atoms with E-state index in [4.69, 9.17) is 10.2 Å². The number of nitrogens with zero attached hydrogens (tertiary/aromatic N) is 3. The Bertz CT molecular complexity index is 1970. The molecule has 2 aromatic heterocycles. The number of fused-ring (bicyclic) bond motifs is 2. The van der Waals surface area contributed by atoms with Crippen LogP contribution < -0.4 is 11.2 Å². The Morgan fingerprint density at radius 3 is 2.10 bits per heavy atom. The van der Waals surface area contributed by atoms with Gasteiger partial charge in [0, 0.05) is 43.4 Å². The van der Waals surface area contributed by atoms with Crippen molar-refractivity contribution in [3.63, 3.8) is 0 Å². The van der Waals surface area contributed by atoms with Crippen LogP contribution in [-0.4, -0.2) is 60.2 Å². The van der Waals surface area contributed by atoms with Crippen molar-refractivity contribution in [3.8, 4) is 0 Å². The van der Waals surface area contributed by atoms with Crippen LogP contribution in [0.4, 0.5) is 5.69 Å². The number of anilines is 1. The first kappa shape index (κ1) is 25.4. The van der Waals surface area contributed by atoms with Gasteiger partial charge < -0.3 is 20.0 Å². The van der Waals surface area contributed by atoms with Gasteiger partial charge in [0.1, 0.15) is 17.4 Å². The second-order valence-corrected chi connectivity index (χ2v) is 11.3. The molecule has 0 bridgehead atoms. The van der Waals surface area contributed by atoms with Gasteiger partial charge >= 0.3 is 0 Å². The summed E-state index contributed by atoms with van der Waals surface area (Å²) in [5.41, 5.74) is 6.66. The molecule has 6 rings (SSSR count). The van der Waals surface area contributed by atoms with Crippen LogP contribution in [0.5, 0.6) is 0 Å². The lowest BCUT2D eigenvalue weighted by molar-refractivity contribution is 0.0534. The van der Waals surface area contributed by atoms with Gasteiger partial charge in [0.25, 0.3) is 21.8 Å². The van der Waals surface area contributed by atoms with Crippen LogP contribution in [0.3, 0.4) is 0 Å². The number of piperazine rings is 1. The topological polar surface area (TPSA) is 136 Å². The van der Waals surface area contributed by atoms with Gasteiger partial charge in [0.15, 0.2) is 0 Å². The fraction of sp³-hybridized carbons (Fsp3) is 0.138. The van der Waals surface area contributed by atoms with E-state index in [0.29, 0.717) is 27.6 Å². The van der Waals surface area contributed by atoms with Crippen LogP contribution in [0.2, 0.25) is 0 Å². The Hall–Kier alpha value is -4.90. The van der Waals surface area contributed by atoms with E-state index in [2.05, 4.69) is 0 Å². The summed E-state index contributed by atoms with van der Waals surface area (Å²) in [6.45, 7) is 0.837. The van der Waals surface area contributed by atoms with Crippen LogP contribution >= 0.6 is 0 Å². The normalized spacial score (nSPS) is 14.1. The Labute approximate surface area is 228 Å². The molecule has 1 saturated heterocycles. The second-order valence-electron chi connectivity index (χ2n) is 9.49. The summed E-state index contributed by atoms with van der Waals surface area (Å²) in [6.07, 6.45) is 2.52. The summed E-state index contributed by atoms with van der Waals surface area (Å²) in [5.74, 6) is -0.813. The van der Waals surface area contributed by atoms with E-state index in [0.717, 1.165) is 3.97 Å². The highest BCUT2D eigenvalue weighted by molar-refractivity contribution is 7.90. The maximum atomic E-state index is 13.6. The number of nitrogens with two attached hydrogens (primary N) is 1. The van der Waals surface area contributed by atoms with Crippen molar-refractivity contribution >= 4 is 49.4 Å². The Balaban J connectivity index is 1.25. The van der Waals surface area contributed by atoms with E-state index in [-0.39, 0.29) is 48.1 Å². The summed E-state index contributed by atoms with van der Waals surface area (Å²) < 4.78 is 33.6. The van der Waals surface area contributed by atoms with E-state index in [1.807, 2.05) is 0 Å². The van der Waals surface area contributed by atoms with Crippen molar-refractivity contribution in [1.82, 2.24) is 13.8 Å². The minimum Gasteiger partial charge on any atom is -0.463 e. The highest BCUT2D eigenvalue weighted by Crippen LogP contribution is 2.28. The highest BCUT2D eigenvalue weighted by atomic mass is 32.2. The van der Waals surface area contributed by atoms with Crippen LogP contribution in [0.15, 0.2) is 99.4 Å². The molecule has 0 spiro atoms. The third-order valence-electron chi connectivity index (χ3n) is 7.09. The lowest BCUT2D eigenvalue weighted by atomic mass is 10.1. The monoisotopic (exact) mass is 556 g/mol. The van der Waals surface area contributed by atoms with Gasteiger partial charge in [-0.15, -0.1) is 0 Å². The molecule has 11 heteroatoms. The molecule has 0 radical (unpaired) electrons. The van der Waals surface area contributed by atoms with Gasteiger partial charge in [-0.05, 0) is 36.4 Å². The van der Waals surface area contributed by atoms with Gasteiger partial charge in [0.05, 0.1) is 21.4 Å². The van der Waals surface area contributed by atoms with E-state index < -0.39 is 21.4 Å². The Morgan fingerprint density at radius 1 is 0.775 bits per heavy atom. The van der Waals surface area contributed by atoms with Gasteiger partial charge in [-0.25, -0.2) is 12.4 Å². The molecule has 3 aromatic carbocycles. The molecule has 0 atom stereocenters. The number of para-hydroxylation sites is 2. The minimum atomic E-state index is -4.03. The molecule has 0 aliphatic carbocycles. The molecule has 3 heterocycles. The van der Waals surface area contributed by atoms with Gasteiger partial charge in [-0.1, -0.05) is 36.4 Å². The lowest BCUT2D eigenvalue weighted by Crippen LogP contribution is -2.51. The van der Waals surface area contributed by atoms with E-state index in [9.17, 15) is 22.8 Å². The van der Waals surface area contributed by atoms with Crippen molar-refractivity contribution in [3.05, 3.63) is 107 Å². The number of aromatic nitrogens is 1.